The molecule has 0 heterocycles. The molecule has 0 aliphatic heterocycles. The van der Waals surface area contributed by atoms with Crippen LogP contribution in [0.3, 0.4) is 0 Å². The van der Waals surface area contributed by atoms with Crippen LogP contribution in [-0.2, 0) is 4.79 Å². The molecule has 1 N–H and O–H groups in total. The Kier molecular flexibility index (Phi) is 3.93. The Labute approximate surface area is 146 Å². The first-order valence-electron chi connectivity index (χ1n) is 10.1. The van der Waals surface area contributed by atoms with E-state index in [1.807, 2.05) is 0 Å². The highest BCUT2D eigenvalue weighted by molar-refractivity contribution is 5.66. The molecule has 2 heteroatoms. The minimum absolute atomic E-state index is 0.349. The van der Waals surface area contributed by atoms with Crippen molar-refractivity contribution in [3.05, 3.63) is 23.8 Å². The fourth-order valence-electron chi connectivity index (χ4n) is 7.06. The molecule has 2 fully saturated rings. The molecule has 6 atom stereocenters. The second kappa shape index (κ2) is 5.75. The molecule has 2 nitrogen and oxygen atoms in total. The van der Waals surface area contributed by atoms with Crippen LogP contribution < -0.4 is 0 Å². The summed E-state index contributed by atoms with van der Waals surface area (Å²) < 4.78 is 0. The average Bonchev–Trinajstić information content (AvgIpc) is 2.89. The Hall–Kier alpha value is -1.05. The number of rotatable bonds is 3. The van der Waals surface area contributed by atoms with E-state index in [9.17, 15) is 4.79 Å². The molecule has 0 spiro atoms. The van der Waals surface area contributed by atoms with E-state index >= 15 is 0 Å². The Bertz CT molecular complexity index is 589. The second-order valence-electron chi connectivity index (χ2n) is 9.37. The molecule has 4 rings (SSSR count). The van der Waals surface area contributed by atoms with Crippen LogP contribution in [0.1, 0.15) is 71.6 Å². The summed E-state index contributed by atoms with van der Waals surface area (Å²) in [5.74, 6) is 2.29. The lowest BCUT2D eigenvalue weighted by molar-refractivity contribution is -0.137. The number of aliphatic carboxylic acids is 1. The Morgan fingerprint density at radius 1 is 1.21 bits per heavy atom. The molecule has 0 saturated heterocycles. The zero-order valence-electron chi connectivity index (χ0n) is 15.3. The average molecular weight is 328 g/mol. The van der Waals surface area contributed by atoms with Crippen LogP contribution in [0.15, 0.2) is 23.8 Å². The zero-order valence-corrected chi connectivity index (χ0v) is 15.3. The summed E-state index contributed by atoms with van der Waals surface area (Å²) in [6.45, 7) is 5.01. The predicted molar refractivity (Wildman–Crippen MR) is 96.6 cm³/mol. The molecule has 0 bridgehead atoms. The third kappa shape index (κ3) is 2.32. The van der Waals surface area contributed by atoms with Gasteiger partial charge in [0.1, 0.15) is 0 Å². The largest absolute Gasteiger partial charge is 0.481 e. The molecule has 4 aliphatic rings. The van der Waals surface area contributed by atoms with Gasteiger partial charge in [-0.1, -0.05) is 32.1 Å². The van der Waals surface area contributed by atoms with Crippen molar-refractivity contribution in [1.82, 2.24) is 0 Å². The quantitative estimate of drug-likeness (QED) is 0.732. The summed E-state index contributed by atoms with van der Waals surface area (Å²) in [6, 6.07) is 0. The van der Waals surface area contributed by atoms with Gasteiger partial charge in [-0.25, -0.2) is 0 Å². The van der Waals surface area contributed by atoms with Crippen LogP contribution in [0.25, 0.3) is 0 Å². The van der Waals surface area contributed by atoms with Gasteiger partial charge in [0.15, 0.2) is 0 Å². The SMILES string of the molecule is C[C@]12CC[C@H]3[C@@H](C=CC4=CCCC[C@@]43C)[C@@H]1CC[C@@H]2CCC(=O)O. The summed E-state index contributed by atoms with van der Waals surface area (Å²) in [7, 11) is 0. The summed E-state index contributed by atoms with van der Waals surface area (Å²) in [5, 5.41) is 9.09. The van der Waals surface area contributed by atoms with Gasteiger partial charge >= 0.3 is 5.97 Å². The van der Waals surface area contributed by atoms with Crippen molar-refractivity contribution in [2.45, 2.75) is 71.6 Å². The van der Waals surface area contributed by atoms with E-state index in [0.29, 0.717) is 23.2 Å². The predicted octanol–water partition coefficient (Wildman–Crippen LogP) is 5.60. The number of carboxylic acids is 1. The third-order valence-electron chi connectivity index (χ3n) is 8.48. The summed E-state index contributed by atoms with van der Waals surface area (Å²) >= 11 is 0. The molecule has 2 saturated carbocycles. The van der Waals surface area contributed by atoms with E-state index in [2.05, 4.69) is 32.1 Å². The van der Waals surface area contributed by atoms with E-state index < -0.39 is 5.97 Å². The molecular weight excluding hydrogens is 296 g/mol. The van der Waals surface area contributed by atoms with E-state index in [4.69, 9.17) is 5.11 Å². The number of carboxylic acid groups (broad SMARTS) is 1. The van der Waals surface area contributed by atoms with Gasteiger partial charge in [0.05, 0.1) is 0 Å². The third-order valence-corrected chi connectivity index (χ3v) is 8.48. The molecular formula is C22H32O2. The second-order valence-corrected chi connectivity index (χ2v) is 9.37. The Morgan fingerprint density at radius 2 is 2.04 bits per heavy atom. The first kappa shape index (κ1) is 16.4. The van der Waals surface area contributed by atoms with Crippen LogP contribution in [0.5, 0.6) is 0 Å². The molecule has 0 aromatic rings. The smallest absolute Gasteiger partial charge is 0.303 e. The van der Waals surface area contributed by atoms with Crippen LogP contribution in [-0.4, -0.2) is 11.1 Å². The number of carbonyl (C=O) groups is 1. The summed E-state index contributed by atoms with van der Waals surface area (Å²) in [6.07, 6.45) is 17.9. The highest BCUT2D eigenvalue weighted by Crippen LogP contribution is 2.65. The zero-order chi connectivity index (χ0) is 16.9. The van der Waals surface area contributed by atoms with Gasteiger partial charge in [0.25, 0.3) is 0 Å². The molecule has 4 aliphatic carbocycles. The van der Waals surface area contributed by atoms with Crippen LogP contribution in [0, 0.1) is 34.5 Å². The molecule has 0 unspecified atom stereocenters. The maximum Gasteiger partial charge on any atom is 0.303 e. The van der Waals surface area contributed by atoms with E-state index in [-0.39, 0.29) is 0 Å². The number of hydrogen-bond acceptors (Lipinski definition) is 1. The van der Waals surface area contributed by atoms with Gasteiger partial charge in [-0.05, 0) is 91.4 Å². The summed E-state index contributed by atoms with van der Waals surface area (Å²) in [5.41, 5.74) is 2.38. The van der Waals surface area contributed by atoms with E-state index in [1.54, 1.807) is 5.57 Å². The maximum atomic E-state index is 11.0. The fraction of sp³-hybridized carbons (Fsp3) is 0.773. The minimum atomic E-state index is -0.627. The standard InChI is InChI=1S/C22H32O2/c1-21-13-4-3-5-15(21)6-9-17-18-10-7-16(8-11-20(23)24)22(18,2)14-12-19(17)21/h5-6,9,16-19H,3-4,7-8,10-14H2,1-2H3,(H,23,24)/t16-,17+,18+,19+,21+,22-/m1/s1. The first-order valence-corrected chi connectivity index (χ1v) is 10.1. The van der Waals surface area contributed by atoms with Crippen molar-refractivity contribution in [3.8, 4) is 0 Å². The van der Waals surface area contributed by atoms with Crippen molar-refractivity contribution < 1.29 is 9.90 Å². The first-order chi connectivity index (χ1) is 11.4. The molecule has 0 amide bonds. The monoisotopic (exact) mass is 328 g/mol. The van der Waals surface area contributed by atoms with Gasteiger partial charge in [0, 0.05) is 6.42 Å². The van der Waals surface area contributed by atoms with Crippen molar-refractivity contribution >= 4 is 5.97 Å². The summed E-state index contributed by atoms with van der Waals surface area (Å²) in [4.78, 5) is 11.0. The minimum Gasteiger partial charge on any atom is -0.481 e. The molecule has 0 aromatic heterocycles. The van der Waals surface area contributed by atoms with Gasteiger partial charge in [-0.15, -0.1) is 0 Å². The van der Waals surface area contributed by atoms with Crippen molar-refractivity contribution in [2.24, 2.45) is 34.5 Å². The van der Waals surface area contributed by atoms with Crippen molar-refractivity contribution in [2.75, 3.05) is 0 Å². The van der Waals surface area contributed by atoms with Gasteiger partial charge in [-0.2, -0.15) is 0 Å². The molecule has 24 heavy (non-hydrogen) atoms. The highest BCUT2D eigenvalue weighted by atomic mass is 16.4. The number of fused-ring (bicyclic) bond motifs is 5. The lowest BCUT2D eigenvalue weighted by Crippen LogP contribution is -2.48. The van der Waals surface area contributed by atoms with Gasteiger partial charge in [-0.3, -0.25) is 4.79 Å². The van der Waals surface area contributed by atoms with E-state index in [0.717, 1.165) is 24.2 Å². The van der Waals surface area contributed by atoms with Gasteiger partial charge < -0.3 is 5.11 Å². The maximum absolute atomic E-state index is 11.0. The molecule has 132 valence electrons. The Balaban J connectivity index is 1.60. The van der Waals surface area contributed by atoms with Crippen molar-refractivity contribution in [1.29, 1.82) is 0 Å². The van der Waals surface area contributed by atoms with Crippen LogP contribution in [0.2, 0.25) is 0 Å². The highest BCUT2D eigenvalue weighted by Gasteiger charge is 2.57. The Morgan fingerprint density at radius 3 is 2.83 bits per heavy atom. The topological polar surface area (TPSA) is 37.3 Å². The van der Waals surface area contributed by atoms with Crippen LogP contribution in [0.4, 0.5) is 0 Å². The number of hydrogen-bond donors (Lipinski definition) is 1. The van der Waals surface area contributed by atoms with E-state index in [1.165, 1.54) is 44.9 Å². The van der Waals surface area contributed by atoms with Gasteiger partial charge in [0.2, 0.25) is 0 Å². The normalized spacial score (nSPS) is 46.7. The van der Waals surface area contributed by atoms with Crippen molar-refractivity contribution in [3.63, 3.8) is 0 Å². The molecule has 0 aromatic carbocycles. The fourth-order valence-corrected chi connectivity index (χ4v) is 7.06. The van der Waals surface area contributed by atoms with Crippen LogP contribution >= 0.6 is 0 Å². The lowest BCUT2D eigenvalue weighted by Gasteiger charge is -2.56. The molecule has 0 radical (unpaired) electrons. The number of allylic oxidation sites excluding steroid dienone is 4. The lowest BCUT2D eigenvalue weighted by atomic mass is 9.48.